The van der Waals surface area contributed by atoms with Crippen LogP contribution in [0, 0.1) is 5.82 Å². The van der Waals surface area contributed by atoms with Crippen molar-refractivity contribution in [1.29, 1.82) is 0 Å². The maximum absolute atomic E-state index is 13.0. The molecule has 2 aromatic carbocycles. The molecule has 0 spiro atoms. The van der Waals surface area contributed by atoms with E-state index in [1.807, 2.05) is 12.1 Å². The molecular weight excluding hydrogens is 355 g/mol. The molecule has 1 aliphatic heterocycles. The fourth-order valence-electron chi connectivity index (χ4n) is 3.43. The quantitative estimate of drug-likeness (QED) is 0.733. The Morgan fingerprint density at radius 3 is 2.64 bits per heavy atom. The highest BCUT2D eigenvalue weighted by Gasteiger charge is 2.20. The summed E-state index contributed by atoms with van der Waals surface area (Å²) in [6.07, 6.45) is 4.45. The summed E-state index contributed by atoms with van der Waals surface area (Å²) in [4.78, 5) is 15.1. The van der Waals surface area contributed by atoms with Gasteiger partial charge in [0.05, 0.1) is 0 Å². The summed E-state index contributed by atoms with van der Waals surface area (Å²) in [5, 5.41) is 3.16. The van der Waals surface area contributed by atoms with Gasteiger partial charge in [0.1, 0.15) is 18.2 Å². The molecule has 0 aliphatic carbocycles. The third kappa shape index (κ3) is 6.06. The van der Waals surface area contributed by atoms with Crippen LogP contribution in [-0.4, -0.2) is 36.5 Å². The Bertz CT molecular complexity index is 755. The zero-order valence-electron chi connectivity index (χ0n) is 16.5. The number of nitrogens with one attached hydrogen (secondary N) is 1. The van der Waals surface area contributed by atoms with Crippen molar-refractivity contribution in [3.63, 3.8) is 0 Å². The standard InChI is InChI=1S/C23H29FN2O2/c1-2-3-13-26-14-11-21(12-15-26)25-23(27)19-5-4-6-22(16-19)28-17-18-7-9-20(24)10-8-18/h4-10,16,21H,2-3,11-15,17H2,1H3,(H,25,27). The van der Waals surface area contributed by atoms with Crippen LogP contribution >= 0.6 is 0 Å². The molecule has 150 valence electrons. The van der Waals surface area contributed by atoms with Crippen LogP contribution in [0.3, 0.4) is 0 Å². The first-order valence-electron chi connectivity index (χ1n) is 10.1. The van der Waals surface area contributed by atoms with Gasteiger partial charge in [-0.15, -0.1) is 0 Å². The van der Waals surface area contributed by atoms with E-state index in [9.17, 15) is 9.18 Å². The number of halogens is 1. The van der Waals surface area contributed by atoms with Crippen LogP contribution in [0.5, 0.6) is 5.75 Å². The highest BCUT2D eigenvalue weighted by molar-refractivity contribution is 5.94. The first-order valence-corrected chi connectivity index (χ1v) is 10.1. The predicted octanol–water partition coefficient (Wildman–Crippen LogP) is 4.40. The number of ether oxygens (including phenoxy) is 1. The van der Waals surface area contributed by atoms with E-state index in [0.29, 0.717) is 17.9 Å². The van der Waals surface area contributed by atoms with E-state index in [2.05, 4.69) is 17.1 Å². The second kappa shape index (κ2) is 10.2. The van der Waals surface area contributed by atoms with Gasteiger partial charge in [0.25, 0.3) is 5.91 Å². The van der Waals surface area contributed by atoms with Gasteiger partial charge in [-0.3, -0.25) is 4.79 Å². The van der Waals surface area contributed by atoms with Crippen molar-refractivity contribution in [3.8, 4) is 5.75 Å². The van der Waals surface area contributed by atoms with Gasteiger partial charge in [-0.1, -0.05) is 31.5 Å². The van der Waals surface area contributed by atoms with Crippen LogP contribution < -0.4 is 10.1 Å². The van der Waals surface area contributed by atoms with E-state index in [1.54, 1.807) is 24.3 Å². The van der Waals surface area contributed by atoms with E-state index in [0.717, 1.165) is 38.0 Å². The average molecular weight is 384 g/mol. The first kappa shape index (κ1) is 20.3. The molecule has 1 saturated heterocycles. The van der Waals surface area contributed by atoms with Gasteiger partial charge in [-0.25, -0.2) is 4.39 Å². The number of benzene rings is 2. The number of likely N-dealkylation sites (tertiary alicyclic amines) is 1. The fraction of sp³-hybridized carbons (Fsp3) is 0.435. The molecule has 5 heteroatoms. The largest absolute Gasteiger partial charge is 0.489 e. The molecule has 1 amide bonds. The number of amides is 1. The summed E-state index contributed by atoms with van der Waals surface area (Å²) in [6.45, 7) is 5.80. The molecule has 0 atom stereocenters. The summed E-state index contributed by atoms with van der Waals surface area (Å²) in [5.41, 5.74) is 1.48. The maximum atomic E-state index is 13.0. The van der Waals surface area contributed by atoms with Gasteiger partial charge in [0.2, 0.25) is 0 Å². The molecule has 0 radical (unpaired) electrons. The molecule has 0 unspecified atom stereocenters. The molecule has 3 rings (SSSR count). The highest BCUT2D eigenvalue weighted by atomic mass is 19.1. The summed E-state index contributed by atoms with van der Waals surface area (Å²) < 4.78 is 18.7. The summed E-state index contributed by atoms with van der Waals surface area (Å²) in [6, 6.07) is 13.7. The van der Waals surface area contributed by atoms with Crippen molar-refractivity contribution < 1.29 is 13.9 Å². The molecule has 0 bridgehead atoms. The van der Waals surface area contributed by atoms with E-state index in [1.165, 1.54) is 25.0 Å². The van der Waals surface area contributed by atoms with E-state index in [-0.39, 0.29) is 17.8 Å². The molecular formula is C23H29FN2O2. The van der Waals surface area contributed by atoms with E-state index in [4.69, 9.17) is 4.74 Å². The minimum atomic E-state index is -0.265. The minimum Gasteiger partial charge on any atom is -0.489 e. The van der Waals surface area contributed by atoms with Crippen molar-refractivity contribution in [2.24, 2.45) is 0 Å². The maximum Gasteiger partial charge on any atom is 0.251 e. The molecule has 2 aromatic rings. The number of rotatable bonds is 8. The van der Waals surface area contributed by atoms with Crippen LogP contribution in [0.4, 0.5) is 4.39 Å². The van der Waals surface area contributed by atoms with Crippen molar-refractivity contribution in [1.82, 2.24) is 10.2 Å². The molecule has 0 aromatic heterocycles. The predicted molar refractivity (Wildman–Crippen MR) is 109 cm³/mol. The Labute approximate surface area is 166 Å². The number of hydrogen-bond donors (Lipinski definition) is 1. The Morgan fingerprint density at radius 2 is 1.93 bits per heavy atom. The lowest BCUT2D eigenvalue weighted by Gasteiger charge is -2.32. The smallest absolute Gasteiger partial charge is 0.251 e. The van der Waals surface area contributed by atoms with E-state index < -0.39 is 0 Å². The topological polar surface area (TPSA) is 41.6 Å². The zero-order chi connectivity index (χ0) is 19.8. The lowest BCUT2D eigenvalue weighted by Crippen LogP contribution is -2.44. The van der Waals surface area contributed by atoms with Crippen molar-refractivity contribution in [2.45, 2.75) is 45.3 Å². The van der Waals surface area contributed by atoms with Crippen molar-refractivity contribution in [3.05, 3.63) is 65.5 Å². The van der Waals surface area contributed by atoms with Gasteiger partial charge in [0, 0.05) is 24.7 Å². The normalized spacial score (nSPS) is 15.4. The van der Waals surface area contributed by atoms with Crippen LogP contribution in [0.15, 0.2) is 48.5 Å². The number of unbranched alkanes of at least 4 members (excludes halogenated alkanes) is 1. The second-order valence-electron chi connectivity index (χ2n) is 7.39. The van der Waals surface area contributed by atoms with Gasteiger partial charge < -0.3 is 15.0 Å². The molecule has 4 nitrogen and oxygen atoms in total. The van der Waals surface area contributed by atoms with Crippen LogP contribution in [0.1, 0.15) is 48.5 Å². The molecule has 1 heterocycles. The first-order chi connectivity index (χ1) is 13.6. The molecule has 1 aliphatic rings. The SMILES string of the molecule is CCCCN1CCC(NC(=O)c2cccc(OCc3ccc(F)cc3)c2)CC1. The Hall–Kier alpha value is -2.40. The average Bonchev–Trinajstić information content (AvgIpc) is 2.73. The molecule has 1 N–H and O–H groups in total. The Balaban J connectivity index is 1.49. The number of hydrogen-bond acceptors (Lipinski definition) is 3. The van der Waals surface area contributed by atoms with Gasteiger partial charge >= 0.3 is 0 Å². The fourth-order valence-corrected chi connectivity index (χ4v) is 3.43. The zero-order valence-corrected chi connectivity index (χ0v) is 16.5. The van der Waals surface area contributed by atoms with Crippen LogP contribution in [-0.2, 0) is 6.61 Å². The highest BCUT2D eigenvalue weighted by Crippen LogP contribution is 2.17. The van der Waals surface area contributed by atoms with Gasteiger partial charge in [-0.2, -0.15) is 0 Å². The third-order valence-electron chi connectivity index (χ3n) is 5.17. The van der Waals surface area contributed by atoms with Gasteiger partial charge in [0.15, 0.2) is 0 Å². The number of piperidine rings is 1. The summed E-state index contributed by atoms with van der Waals surface area (Å²) in [7, 11) is 0. The molecule has 1 fully saturated rings. The molecule has 28 heavy (non-hydrogen) atoms. The lowest BCUT2D eigenvalue weighted by atomic mass is 10.0. The van der Waals surface area contributed by atoms with Crippen LogP contribution in [0.2, 0.25) is 0 Å². The molecule has 0 saturated carbocycles. The lowest BCUT2D eigenvalue weighted by molar-refractivity contribution is 0.0910. The Morgan fingerprint density at radius 1 is 1.18 bits per heavy atom. The summed E-state index contributed by atoms with van der Waals surface area (Å²) in [5.74, 6) is 0.309. The van der Waals surface area contributed by atoms with E-state index >= 15 is 0 Å². The second-order valence-corrected chi connectivity index (χ2v) is 7.39. The number of nitrogens with zero attached hydrogens (tertiary/aromatic N) is 1. The number of carbonyl (C=O) groups is 1. The minimum absolute atomic E-state index is 0.0563. The van der Waals surface area contributed by atoms with Crippen molar-refractivity contribution >= 4 is 5.91 Å². The third-order valence-corrected chi connectivity index (χ3v) is 5.17. The van der Waals surface area contributed by atoms with Crippen molar-refractivity contribution in [2.75, 3.05) is 19.6 Å². The van der Waals surface area contributed by atoms with Gasteiger partial charge in [-0.05, 0) is 61.7 Å². The monoisotopic (exact) mass is 384 g/mol. The summed E-state index contributed by atoms with van der Waals surface area (Å²) >= 11 is 0. The Kier molecular flexibility index (Phi) is 7.43. The number of carbonyl (C=O) groups excluding carboxylic acids is 1. The van der Waals surface area contributed by atoms with Crippen LogP contribution in [0.25, 0.3) is 0 Å².